The van der Waals surface area contributed by atoms with Crippen LogP contribution in [0.5, 0.6) is 0 Å². The van der Waals surface area contributed by atoms with Gasteiger partial charge in [0.15, 0.2) is 0 Å². The van der Waals surface area contributed by atoms with Crippen LogP contribution in [-0.2, 0) is 9.53 Å². The van der Waals surface area contributed by atoms with Crippen LogP contribution in [0.1, 0.15) is 17.5 Å². The number of rotatable bonds is 5. The molecule has 0 heterocycles. The Morgan fingerprint density at radius 1 is 1.30 bits per heavy atom. The van der Waals surface area contributed by atoms with Crippen LogP contribution >= 0.6 is 0 Å². The van der Waals surface area contributed by atoms with Crippen LogP contribution in [0.2, 0.25) is 0 Å². The molecular weight excluding hydrogens is 273 g/mol. The number of benzene rings is 1. The van der Waals surface area contributed by atoms with Crippen molar-refractivity contribution in [2.24, 2.45) is 0 Å². The fourth-order valence-corrected chi connectivity index (χ4v) is 1.54. The third-order valence-corrected chi connectivity index (χ3v) is 2.63. The molecule has 0 unspecified atom stereocenters. The smallest absolute Gasteiger partial charge is 0.399 e. The highest BCUT2D eigenvalue weighted by molar-refractivity contribution is 5.92. The summed E-state index contributed by atoms with van der Waals surface area (Å²) in [4.78, 5) is 11.6. The van der Waals surface area contributed by atoms with Gasteiger partial charge in [-0.25, -0.2) is 0 Å². The van der Waals surface area contributed by atoms with E-state index in [1.807, 2.05) is 0 Å². The van der Waals surface area contributed by atoms with Crippen LogP contribution in [0.15, 0.2) is 12.1 Å². The minimum atomic E-state index is -4.37. The topological polar surface area (TPSA) is 64.3 Å². The van der Waals surface area contributed by atoms with E-state index < -0.39 is 18.7 Å². The molecule has 4 nitrogen and oxygen atoms in total. The molecule has 112 valence electrons. The summed E-state index contributed by atoms with van der Waals surface area (Å²) in [5.74, 6) is -0.403. The maximum atomic E-state index is 11.8. The molecule has 1 rings (SSSR count). The highest BCUT2D eigenvalue weighted by Gasteiger charge is 2.27. The Kier molecular flexibility index (Phi) is 5.38. The van der Waals surface area contributed by atoms with E-state index >= 15 is 0 Å². The third kappa shape index (κ3) is 5.48. The first-order valence-corrected chi connectivity index (χ1v) is 6.00. The number of hydrogen-bond acceptors (Lipinski definition) is 3. The summed E-state index contributed by atoms with van der Waals surface area (Å²) < 4.78 is 39.8. The summed E-state index contributed by atoms with van der Waals surface area (Å²) in [6, 6.07) is 3.45. The van der Waals surface area contributed by atoms with Crippen LogP contribution < -0.4 is 11.1 Å². The van der Waals surface area contributed by atoms with Crippen LogP contribution in [0.4, 0.5) is 24.5 Å². The Balaban J connectivity index is 2.45. The first-order chi connectivity index (χ1) is 9.19. The molecular formula is C13H17F3N2O2. The van der Waals surface area contributed by atoms with Crippen molar-refractivity contribution in [1.29, 1.82) is 0 Å². The van der Waals surface area contributed by atoms with Gasteiger partial charge in [-0.1, -0.05) is 0 Å². The van der Waals surface area contributed by atoms with Gasteiger partial charge in [0, 0.05) is 11.4 Å². The molecule has 7 heteroatoms. The quantitative estimate of drug-likeness (QED) is 0.647. The Morgan fingerprint density at radius 3 is 2.55 bits per heavy atom. The normalized spacial score (nSPS) is 11.4. The summed E-state index contributed by atoms with van der Waals surface area (Å²) in [7, 11) is 0. The fraction of sp³-hybridized carbons (Fsp3) is 0.462. The predicted molar refractivity (Wildman–Crippen MR) is 70.4 cm³/mol. The number of hydrogen-bond donors (Lipinski definition) is 2. The van der Waals surface area contributed by atoms with Gasteiger partial charge in [0.05, 0.1) is 13.0 Å². The summed E-state index contributed by atoms with van der Waals surface area (Å²) in [6.45, 7) is 1.96. The molecule has 1 aromatic rings. The van der Waals surface area contributed by atoms with E-state index in [1.165, 1.54) is 0 Å². The lowest BCUT2D eigenvalue weighted by Crippen LogP contribution is -2.20. The first kappa shape index (κ1) is 16.3. The summed E-state index contributed by atoms with van der Waals surface area (Å²) in [5, 5.41) is 2.62. The third-order valence-electron chi connectivity index (χ3n) is 2.63. The minimum absolute atomic E-state index is 0.140. The average Bonchev–Trinajstić information content (AvgIpc) is 2.30. The molecule has 1 aromatic carbocycles. The molecule has 3 N–H and O–H groups in total. The standard InChI is InChI=1S/C13H17F3N2O2/c1-8-6-11(9(2)5-10(8)17)18-12(19)3-4-20-7-13(14,15)16/h5-6H,3-4,7,17H2,1-2H3,(H,18,19). The Morgan fingerprint density at radius 2 is 1.95 bits per heavy atom. The molecule has 0 aromatic heterocycles. The van der Waals surface area contributed by atoms with Crippen molar-refractivity contribution in [2.75, 3.05) is 24.3 Å². The van der Waals surface area contributed by atoms with Gasteiger partial charge in [0.1, 0.15) is 6.61 Å². The molecule has 1 amide bonds. The molecule has 0 aliphatic rings. The zero-order chi connectivity index (χ0) is 15.3. The van der Waals surface area contributed by atoms with Gasteiger partial charge in [0.25, 0.3) is 0 Å². The van der Waals surface area contributed by atoms with Gasteiger partial charge < -0.3 is 15.8 Å². The highest BCUT2D eigenvalue weighted by Crippen LogP contribution is 2.22. The number of nitrogens with two attached hydrogens (primary N) is 1. The number of ether oxygens (including phenoxy) is 1. The van der Waals surface area contributed by atoms with Crippen molar-refractivity contribution in [3.63, 3.8) is 0 Å². The second-order valence-corrected chi connectivity index (χ2v) is 4.49. The summed E-state index contributed by atoms with van der Waals surface area (Å²) in [5.41, 5.74) is 8.54. The van der Waals surface area contributed by atoms with Gasteiger partial charge >= 0.3 is 6.18 Å². The van der Waals surface area contributed by atoms with Crippen molar-refractivity contribution < 1.29 is 22.7 Å². The zero-order valence-corrected chi connectivity index (χ0v) is 11.3. The Labute approximate surface area is 115 Å². The van der Waals surface area contributed by atoms with Gasteiger partial charge in [-0.3, -0.25) is 4.79 Å². The first-order valence-electron chi connectivity index (χ1n) is 6.00. The molecule has 20 heavy (non-hydrogen) atoms. The van der Waals surface area contributed by atoms with E-state index in [1.54, 1.807) is 26.0 Å². The van der Waals surface area contributed by atoms with Crippen molar-refractivity contribution in [3.8, 4) is 0 Å². The molecule has 0 bridgehead atoms. The van der Waals surface area contributed by atoms with Gasteiger partial charge in [-0.2, -0.15) is 13.2 Å². The molecule has 0 saturated heterocycles. The van der Waals surface area contributed by atoms with Crippen LogP contribution in [0.25, 0.3) is 0 Å². The number of amides is 1. The number of alkyl halides is 3. The van der Waals surface area contributed by atoms with Crippen molar-refractivity contribution in [1.82, 2.24) is 0 Å². The lowest BCUT2D eigenvalue weighted by molar-refractivity contribution is -0.174. The molecule has 0 saturated carbocycles. The summed E-state index contributed by atoms with van der Waals surface area (Å²) in [6.07, 6.45) is -4.51. The van der Waals surface area contributed by atoms with Crippen LogP contribution in [0.3, 0.4) is 0 Å². The van der Waals surface area contributed by atoms with E-state index in [0.717, 1.165) is 11.1 Å². The van der Waals surface area contributed by atoms with E-state index in [0.29, 0.717) is 11.4 Å². The number of halogens is 3. The summed E-state index contributed by atoms with van der Waals surface area (Å²) >= 11 is 0. The van der Waals surface area contributed by atoms with Crippen molar-refractivity contribution in [2.45, 2.75) is 26.4 Å². The number of anilines is 2. The van der Waals surface area contributed by atoms with Crippen molar-refractivity contribution in [3.05, 3.63) is 23.3 Å². The zero-order valence-electron chi connectivity index (χ0n) is 11.3. The maximum absolute atomic E-state index is 11.8. The van der Waals surface area contributed by atoms with Crippen molar-refractivity contribution >= 4 is 17.3 Å². The number of aryl methyl sites for hydroxylation is 2. The molecule has 0 spiro atoms. The SMILES string of the molecule is Cc1cc(NC(=O)CCOCC(F)(F)F)c(C)cc1N. The fourth-order valence-electron chi connectivity index (χ4n) is 1.54. The van der Waals surface area contributed by atoms with E-state index in [2.05, 4.69) is 10.1 Å². The Bertz CT molecular complexity index is 487. The number of nitrogen functional groups attached to an aromatic ring is 1. The molecule has 0 radical (unpaired) electrons. The molecule has 0 aliphatic carbocycles. The predicted octanol–water partition coefficient (Wildman–Crippen LogP) is 2.79. The second kappa shape index (κ2) is 6.60. The lowest BCUT2D eigenvalue weighted by Gasteiger charge is -2.11. The van der Waals surface area contributed by atoms with Gasteiger partial charge in [0.2, 0.25) is 5.91 Å². The molecule has 0 fully saturated rings. The highest BCUT2D eigenvalue weighted by atomic mass is 19.4. The van der Waals surface area contributed by atoms with Crippen LogP contribution in [-0.4, -0.2) is 25.3 Å². The van der Waals surface area contributed by atoms with Crippen LogP contribution in [0, 0.1) is 13.8 Å². The minimum Gasteiger partial charge on any atom is -0.399 e. The average molecular weight is 290 g/mol. The van der Waals surface area contributed by atoms with E-state index in [-0.39, 0.29) is 13.0 Å². The Hall–Kier alpha value is -1.76. The molecule has 0 atom stereocenters. The number of nitrogens with one attached hydrogen (secondary N) is 1. The largest absolute Gasteiger partial charge is 0.411 e. The monoisotopic (exact) mass is 290 g/mol. The molecule has 0 aliphatic heterocycles. The lowest BCUT2D eigenvalue weighted by atomic mass is 10.1. The van der Waals surface area contributed by atoms with E-state index in [9.17, 15) is 18.0 Å². The number of carbonyl (C=O) groups excluding carboxylic acids is 1. The van der Waals surface area contributed by atoms with Gasteiger partial charge in [-0.15, -0.1) is 0 Å². The van der Waals surface area contributed by atoms with Gasteiger partial charge in [-0.05, 0) is 37.1 Å². The van der Waals surface area contributed by atoms with E-state index in [4.69, 9.17) is 5.73 Å². The maximum Gasteiger partial charge on any atom is 0.411 e. The second-order valence-electron chi connectivity index (χ2n) is 4.49. The number of carbonyl (C=O) groups is 1.